The van der Waals surface area contributed by atoms with Crippen molar-refractivity contribution in [2.24, 2.45) is 0 Å². The molecule has 2 rings (SSSR count). The van der Waals surface area contributed by atoms with E-state index in [1.54, 1.807) is 0 Å². The Morgan fingerprint density at radius 1 is 1.45 bits per heavy atom. The Hall–Kier alpha value is -2.63. The molecule has 0 unspecified atom stereocenters. The minimum Gasteiger partial charge on any atom is -0.465 e. The van der Waals surface area contributed by atoms with Gasteiger partial charge in [0.15, 0.2) is 0 Å². The molecule has 2 aromatic rings. The summed E-state index contributed by atoms with van der Waals surface area (Å²) < 4.78 is 4.67. The van der Waals surface area contributed by atoms with Crippen molar-refractivity contribution in [3.05, 3.63) is 39.8 Å². The van der Waals surface area contributed by atoms with E-state index in [0.29, 0.717) is 5.69 Å². The first kappa shape index (κ1) is 15.8. The summed E-state index contributed by atoms with van der Waals surface area (Å²) >= 11 is 11.8. The summed E-state index contributed by atoms with van der Waals surface area (Å²) in [5.74, 6) is -0.498. The van der Waals surface area contributed by atoms with Gasteiger partial charge in [0.05, 0.1) is 28.4 Å². The van der Waals surface area contributed by atoms with Crippen molar-refractivity contribution in [1.82, 2.24) is 20.6 Å². The van der Waals surface area contributed by atoms with Gasteiger partial charge in [-0.1, -0.05) is 23.2 Å². The Balaban J connectivity index is 2.38. The fourth-order valence-corrected chi connectivity index (χ4v) is 1.85. The molecule has 112 valence electrons. The number of halogens is 2. The molecule has 0 saturated carbocycles. The van der Waals surface area contributed by atoms with Gasteiger partial charge < -0.3 is 10.1 Å². The molecule has 8 nitrogen and oxygen atoms in total. The minimum atomic E-state index is -0.604. The summed E-state index contributed by atoms with van der Waals surface area (Å²) in [4.78, 5) is 11.8. The third-order valence-corrected chi connectivity index (χ3v) is 3.27. The first-order valence-corrected chi connectivity index (χ1v) is 6.50. The van der Waals surface area contributed by atoms with E-state index in [1.807, 2.05) is 6.07 Å². The molecule has 10 heteroatoms. The van der Waals surface area contributed by atoms with E-state index in [2.05, 4.69) is 30.7 Å². The van der Waals surface area contributed by atoms with Crippen molar-refractivity contribution in [1.29, 1.82) is 5.26 Å². The lowest BCUT2D eigenvalue weighted by Gasteiger charge is -2.09. The molecule has 22 heavy (non-hydrogen) atoms. The van der Waals surface area contributed by atoms with Crippen LogP contribution in [-0.2, 0) is 4.74 Å². The van der Waals surface area contributed by atoms with Gasteiger partial charge in [-0.15, -0.1) is 10.2 Å². The molecular formula is C12H8Cl2N6O2. The molecule has 0 aliphatic heterocycles. The number of nitrogens with zero attached hydrogens (tertiary/aromatic N) is 4. The number of aromatic amines is 1. The highest BCUT2D eigenvalue weighted by molar-refractivity contribution is 6.42. The van der Waals surface area contributed by atoms with E-state index in [9.17, 15) is 4.79 Å². The normalized spacial score (nSPS) is 10.9. The predicted octanol–water partition coefficient (Wildman–Crippen LogP) is 2.27. The van der Waals surface area contributed by atoms with Crippen LogP contribution in [0.4, 0.5) is 5.69 Å². The highest BCUT2D eigenvalue weighted by atomic mass is 35.5. The molecule has 0 fully saturated rings. The number of nitriles is 1. The Morgan fingerprint density at radius 2 is 2.18 bits per heavy atom. The van der Waals surface area contributed by atoms with E-state index in [0.717, 1.165) is 0 Å². The van der Waals surface area contributed by atoms with Gasteiger partial charge in [0.2, 0.25) is 5.82 Å². The lowest BCUT2D eigenvalue weighted by molar-refractivity contribution is 0.0602. The number of nitrogens with one attached hydrogen (secondary N) is 2. The van der Waals surface area contributed by atoms with Crippen LogP contribution in [0, 0.1) is 11.3 Å². The van der Waals surface area contributed by atoms with Gasteiger partial charge in [0.1, 0.15) is 11.6 Å². The number of rotatable bonds is 4. The fourth-order valence-electron chi connectivity index (χ4n) is 1.52. The molecule has 0 atom stereocenters. The summed E-state index contributed by atoms with van der Waals surface area (Å²) in [6.07, 6.45) is 1.32. The summed E-state index contributed by atoms with van der Waals surface area (Å²) in [7, 11) is 1.24. The molecule has 0 bridgehead atoms. The third kappa shape index (κ3) is 3.33. The number of allylic oxidation sites excluding steroid dienone is 1. The van der Waals surface area contributed by atoms with Crippen molar-refractivity contribution in [3.8, 4) is 6.07 Å². The molecule has 1 aromatic carbocycles. The maximum atomic E-state index is 11.8. The second-order valence-corrected chi connectivity index (χ2v) is 4.67. The lowest BCUT2D eigenvalue weighted by atomic mass is 10.1. The number of tetrazole rings is 1. The van der Waals surface area contributed by atoms with Crippen LogP contribution in [-0.4, -0.2) is 33.7 Å². The highest BCUT2D eigenvalue weighted by Crippen LogP contribution is 2.30. The minimum absolute atomic E-state index is 0.106. The summed E-state index contributed by atoms with van der Waals surface area (Å²) in [6, 6.07) is 4.71. The van der Waals surface area contributed by atoms with Crippen LogP contribution >= 0.6 is 23.2 Å². The topological polar surface area (TPSA) is 117 Å². The Labute approximate surface area is 134 Å². The number of ether oxygens (including phenoxy) is 1. The van der Waals surface area contributed by atoms with Crippen molar-refractivity contribution in [3.63, 3.8) is 0 Å². The Bertz CT molecular complexity index is 767. The molecule has 2 N–H and O–H groups in total. The quantitative estimate of drug-likeness (QED) is 0.648. The molecule has 0 aliphatic rings. The number of methoxy groups -OCH3 is 1. The average molecular weight is 339 g/mol. The molecule has 0 amide bonds. The molecule has 0 radical (unpaired) electrons. The lowest BCUT2D eigenvalue weighted by Crippen LogP contribution is -2.06. The van der Waals surface area contributed by atoms with Gasteiger partial charge >= 0.3 is 5.97 Å². The average Bonchev–Trinajstić information content (AvgIpc) is 3.04. The number of aromatic nitrogens is 4. The van der Waals surface area contributed by atoms with Crippen LogP contribution < -0.4 is 5.32 Å². The Kier molecular flexibility index (Phi) is 4.93. The van der Waals surface area contributed by atoms with Gasteiger partial charge in [0, 0.05) is 6.20 Å². The fraction of sp³-hybridized carbons (Fsp3) is 0.0833. The van der Waals surface area contributed by atoms with E-state index < -0.39 is 5.97 Å². The summed E-state index contributed by atoms with van der Waals surface area (Å²) in [5, 5.41) is 25.3. The van der Waals surface area contributed by atoms with Crippen LogP contribution in [0.25, 0.3) is 5.57 Å². The van der Waals surface area contributed by atoms with Crippen LogP contribution in [0.15, 0.2) is 18.3 Å². The number of hydrogen-bond acceptors (Lipinski definition) is 7. The largest absolute Gasteiger partial charge is 0.465 e. The van der Waals surface area contributed by atoms with E-state index >= 15 is 0 Å². The van der Waals surface area contributed by atoms with Gasteiger partial charge in [-0.2, -0.15) is 10.5 Å². The van der Waals surface area contributed by atoms with E-state index in [-0.39, 0.29) is 27.0 Å². The van der Waals surface area contributed by atoms with Crippen molar-refractivity contribution < 1.29 is 9.53 Å². The molecule has 1 heterocycles. The van der Waals surface area contributed by atoms with Crippen LogP contribution in [0.3, 0.4) is 0 Å². The molecular weight excluding hydrogens is 331 g/mol. The van der Waals surface area contributed by atoms with Crippen LogP contribution in [0.5, 0.6) is 0 Å². The standard InChI is InChI=1S/C12H8Cl2N6O2/c1-22-12(21)7-2-8(13)9(14)3-10(7)16-5-6(4-15)11-17-19-20-18-11/h2-3,5,16H,1H3,(H,17,18,19,20). The van der Waals surface area contributed by atoms with E-state index in [1.165, 1.54) is 25.4 Å². The molecule has 1 aromatic heterocycles. The second kappa shape index (κ2) is 6.89. The number of benzene rings is 1. The highest BCUT2D eigenvalue weighted by Gasteiger charge is 2.15. The maximum Gasteiger partial charge on any atom is 0.340 e. The molecule has 0 saturated heterocycles. The van der Waals surface area contributed by atoms with Crippen LogP contribution in [0.2, 0.25) is 10.0 Å². The monoisotopic (exact) mass is 338 g/mol. The van der Waals surface area contributed by atoms with Crippen molar-refractivity contribution in [2.45, 2.75) is 0 Å². The van der Waals surface area contributed by atoms with Gasteiger partial charge in [-0.3, -0.25) is 0 Å². The Morgan fingerprint density at radius 3 is 2.77 bits per heavy atom. The molecule has 0 spiro atoms. The SMILES string of the molecule is COC(=O)c1cc(Cl)c(Cl)cc1NC=C(C#N)c1nn[nH]n1. The number of hydrogen-bond donors (Lipinski definition) is 2. The zero-order valence-corrected chi connectivity index (χ0v) is 12.6. The number of carbonyl (C=O) groups is 1. The first-order valence-electron chi connectivity index (χ1n) is 5.74. The third-order valence-electron chi connectivity index (χ3n) is 2.54. The van der Waals surface area contributed by atoms with Crippen molar-refractivity contribution in [2.75, 3.05) is 12.4 Å². The van der Waals surface area contributed by atoms with Gasteiger partial charge in [-0.05, 0) is 17.3 Å². The number of carbonyl (C=O) groups excluding carboxylic acids is 1. The molecule has 0 aliphatic carbocycles. The summed E-state index contributed by atoms with van der Waals surface area (Å²) in [6.45, 7) is 0. The predicted molar refractivity (Wildman–Crippen MR) is 79.2 cm³/mol. The zero-order chi connectivity index (χ0) is 16.1. The zero-order valence-electron chi connectivity index (χ0n) is 11.1. The first-order chi connectivity index (χ1) is 10.6. The maximum absolute atomic E-state index is 11.8. The second-order valence-electron chi connectivity index (χ2n) is 3.85. The summed E-state index contributed by atoms with van der Waals surface area (Å²) in [5.41, 5.74) is 0.590. The number of anilines is 1. The number of esters is 1. The van der Waals surface area contributed by atoms with Gasteiger partial charge in [0.25, 0.3) is 0 Å². The number of H-pyrrole nitrogens is 1. The van der Waals surface area contributed by atoms with Gasteiger partial charge in [-0.25, -0.2) is 4.79 Å². The van der Waals surface area contributed by atoms with E-state index in [4.69, 9.17) is 28.5 Å². The van der Waals surface area contributed by atoms with Crippen molar-refractivity contribution >= 4 is 40.4 Å². The van der Waals surface area contributed by atoms with Crippen LogP contribution in [0.1, 0.15) is 16.2 Å². The smallest absolute Gasteiger partial charge is 0.340 e.